The maximum atomic E-state index is 10.5. The van der Waals surface area contributed by atoms with E-state index in [1.165, 1.54) is 0 Å². The Hall–Kier alpha value is -1.89. The van der Waals surface area contributed by atoms with E-state index < -0.39 is 5.97 Å². The van der Waals surface area contributed by atoms with Crippen molar-refractivity contribution in [2.45, 2.75) is 51.7 Å². The van der Waals surface area contributed by atoms with Crippen LogP contribution < -0.4 is 10.6 Å². The number of hydrogen-bond donors (Lipinski definition) is 3. The summed E-state index contributed by atoms with van der Waals surface area (Å²) in [4.78, 5) is 19.1. The Kier molecular flexibility index (Phi) is 6.58. The zero-order valence-electron chi connectivity index (χ0n) is 13.8. The fourth-order valence-corrected chi connectivity index (χ4v) is 2.77. The molecule has 7 nitrogen and oxygen atoms in total. The highest BCUT2D eigenvalue weighted by Crippen LogP contribution is 2.23. The van der Waals surface area contributed by atoms with Crippen molar-refractivity contribution < 1.29 is 14.6 Å². The Morgan fingerprint density at radius 3 is 3.09 bits per heavy atom. The number of ether oxygens (including phenoxy) is 1. The molecule has 1 aromatic heterocycles. The van der Waals surface area contributed by atoms with Gasteiger partial charge in [-0.1, -0.05) is 13.8 Å². The minimum absolute atomic E-state index is 0.139. The van der Waals surface area contributed by atoms with Gasteiger partial charge < -0.3 is 20.5 Å². The molecule has 1 aliphatic heterocycles. The van der Waals surface area contributed by atoms with Crippen LogP contribution in [0.5, 0.6) is 0 Å². The van der Waals surface area contributed by atoms with E-state index in [2.05, 4.69) is 34.4 Å². The fraction of sp³-hybridized carbons (Fsp3) is 0.688. The van der Waals surface area contributed by atoms with E-state index in [1.807, 2.05) is 6.07 Å². The van der Waals surface area contributed by atoms with E-state index in [-0.39, 0.29) is 18.6 Å². The molecule has 2 rings (SSSR count). The SMILES string of the molecule is CC(C)C1OCCCC1Nc1ccnc(NCCCC(=O)O)n1. The second-order valence-corrected chi connectivity index (χ2v) is 6.16. The highest BCUT2D eigenvalue weighted by molar-refractivity contribution is 5.66. The number of carboxylic acids is 1. The average molecular weight is 322 g/mol. The van der Waals surface area contributed by atoms with Crippen LogP contribution in [0.3, 0.4) is 0 Å². The van der Waals surface area contributed by atoms with Crippen molar-refractivity contribution in [2.24, 2.45) is 5.92 Å². The molecular formula is C16H26N4O3. The number of aliphatic carboxylic acids is 1. The third-order valence-corrected chi connectivity index (χ3v) is 3.86. The average Bonchev–Trinajstić information content (AvgIpc) is 2.52. The topological polar surface area (TPSA) is 96.4 Å². The molecule has 1 fully saturated rings. The van der Waals surface area contributed by atoms with Gasteiger partial charge in [-0.3, -0.25) is 4.79 Å². The number of nitrogens with zero attached hydrogens (tertiary/aromatic N) is 2. The van der Waals surface area contributed by atoms with Gasteiger partial charge in [0.15, 0.2) is 0 Å². The predicted molar refractivity (Wildman–Crippen MR) is 88.6 cm³/mol. The summed E-state index contributed by atoms with van der Waals surface area (Å²) in [6, 6.07) is 2.09. The summed E-state index contributed by atoms with van der Waals surface area (Å²) < 4.78 is 5.88. The molecule has 0 aliphatic carbocycles. The maximum absolute atomic E-state index is 10.5. The molecule has 0 spiro atoms. The molecule has 0 saturated carbocycles. The molecule has 2 unspecified atom stereocenters. The zero-order valence-corrected chi connectivity index (χ0v) is 13.8. The molecule has 0 radical (unpaired) electrons. The first-order chi connectivity index (χ1) is 11.1. The number of rotatable bonds is 8. The lowest BCUT2D eigenvalue weighted by atomic mass is 9.94. The molecule has 1 saturated heterocycles. The summed E-state index contributed by atoms with van der Waals surface area (Å²) in [5, 5.41) is 15.1. The van der Waals surface area contributed by atoms with E-state index in [0.717, 1.165) is 25.3 Å². The van der Waals surface area contributed by atoms with Gasteiger partial charge >= 0.3 is 5.97 Å². The lowest BCUT2D eigenvalue weighted by Crippen LogP contribution is -2.43. The number of anilines is 2. The lowest BCUT2D eigenvalue weighted by molar-refractivity contribution is -0.137. The largest absolute Gasteiger partial charge is 0.481 e. The zero-order chi connectivity index (χ0) is 16.7. The molecule has 2 heterocycles. The van der Waals surface area contributed by atoms with Crippen molar-refractivity contribution in [3.63, 3.8) is 0 Å². The second-order valence-electron chi connectivity index (χ2n) is 6.16. The van der Waals surface area contributed by atoms with Crippen LogP contribution in [0.15, 0.2) is 12.3 Å². The number of carbonyl (C=O) groups is 1. The summed E-state index contributed by atoms with van der Waals surface area (Å²) in [5.41, 5.74) is 0. The lowest BCUT2D eigenvalue weighted by Gasteiger charge is -2.35. The van der Waals surface area contributed by atoms with Gasteiger partial charge in [0.1, 0.15) is 5.82 Å². The highest BCUT2D eigenvalue weighted by Gasteiger charge is 2.28. The van der Waals surface area contributed by atoms with Crippen molar-refractivity contribution >= 4 is 17.7 Å². The van der Waals surface area contributed by atoms with Crippen LogP contribution in [0, 0.1) is 5.92 Å². The molecule has 1 aliphatic rings. The Morgan fingerprint density at radius 2 is 2.35 bits per heavy atom. The van der Waals surface area contributed by atoms with Crippen molar-refractivity contribution in [1.82, 2.24) is 9.97 Å². The molecule has 23 heavy (non-hydrogen) atoms. The first-order valence-electron chi connectivity index (χ1n) is 8.23. The molecular weight excluding hydrogens is 296 g/mol. The molecule has 0 bridgehead atoms. The van der Waals surface area contributed by atoms with Gasteiger partial charge in [-0.05, 0) is 31.2 Å². The van der Waals surface area contributed by atoms with Gasteiger partial charge in [0.2, 0.25) is 5.95 Å². The standard InChI is InChI=1S/C16H26N4O3/c1-11(2)15-12(5-4-10-23-15)19-13-7-9-18-16(20-13)17-8-3-6-14(21)22/h7,9,11-12,15H,3-6,8,10H2,1-2H3,(H,21,22)(H2,17,18,19,20). The van der Waals surface area contributed by atoms with Crippen LogP contribution in [0.4, 0.5) is 11.8 Å². The van der Waals surface area contributed by atoms with Gasteiger partial charge in [-0.25, -0.2) is 4.98 Å². The number of carboxylic acid groups (broad SMARTS) is 1. The summed E-state index contributed by atoms with van der Waals surface area (Å²) in [6.45, 7) is 5.69. The molecule has 0 aromatic carbocycles. The maximum Gasteiger partial charge on any atom is 0.303 e. The van der Waals surface area contributed by atoms with Crippen molar-refractivity contribution in [2.75, 3.05) is 23.8 Å². The molecule has 3 N–H and O–H groups in total. The van der Waals surface area contributed by atoms with E-state index >= 15 is 0 Å². The fourth-order valence-electron chi connectivity index (χ4n) is 2.77. The van der Waals surface area contributed by atoms with Crippen LogP contribution in [0.2, 0.25) is 0 Å². The summed E-state index contributed by atoms with van der Waals surface area (Å²) in [7, 11) is 0. The van der Waals surface area contributed by atoms with Crippen LogP contribution in [0.1, 0.15) is 39.5 Å². The summed E-state index contributed by atoms with van der Waals surface area (Å²) >= 11 is 0. The van der Waals surface area contributed by atoms with Crippen molar-refractivity contribution in [3.8, 4) is 0 Å². The van der Waals surface area contributed by atoms with Crippen molar-refractivity contribution in [1.29, 1.82) is 0 Å². The third kappa shape index (κ3) is 5.67. The molecule has 128 valence electrons. The number of hydrogen-bond acceptors (Lipinski definition) is 6. The van der Waals surface area contributed by atoms with Gasteiger partial charge in [-0.15, -0.1) is 0 Å². The van der Waals surface area contributed by atoms with Crippen LogP contribution in [0.25, 0.3) is 0 Å². The molecule has 1 aromatic rings. The Labute approximate surface area is 136 Å². The van der Waals surface area contributed by atoms with Gasteiger partial charge in [0, 0.05) is 25.8 Å². The van der Waals surface area contributed by atoms with E-state index in [0.29, 0.717) is 24.8 Å². The minimum atomic E-state index is -0.792. The molecule has 0 amide bonds. The highest BCUT2D eigenvalue weighted by atomic mass is 16.5. The van der Waals surface area contributed by atoms with E-state index in [1.54, 1.807) is 6.20 Å². The van der Waals surface area contributed by atoms with Gasteiger partial charge in [-0.2, -0.15) is 4.98 Å². The third-order valence-electron chi connectivity index (χ3n) is 3.86. The summed E-state index contributed by atoms with van der Waals surface area (Å²) in [6.07, 6.45) is 4.68. The first kappa shape index (κ1) is 17.5. The normalized spacial score (nSPS) is 21.2. The Bertz CT molecular complexity index is 510. The monoisotopic (exact) mass is 322 g/mol. The predicted octanol–water partition coefficient (Wildman–Crippen LogP) is 2.37. The first-order valence-corrected chi connectivity index (χ1v) is 8.23. The van der Waals surface area contributed by atoms with E-state index in [9.17, 15) is 4.79 Å². The summed E-state index contributed by atoms with van der Waals surface area (Å²) in [5.74, 6) is 0.934. The van der Waals surface area contributed by atoms with Crippen LogP contribution in [-0.4, -0.2) is 46.3 Å². The van der Waals surface area contributed by atoms with Crippen LogP contribution in [-0.2, 0) is 9.53 Å². The Morgan fingerprint density at radius 1 is 1.52 bits per heavy atom. The Balaban J connectivity index is 1.89. The number of nitrogens with one attached hydrogen (secondary N) is 2. The van der Waals surface area contributed by atoms with Crippen LogP contribution >= 0.6 is 0 Å². The van der Waals surface area contributed by atoms with E-state index in [4.69, 9.17) is 9.84 Å². The molecule has 7 heteroatoms. The molecule has 2 atom stereocenters. The minimum Gasteiger partial charge on any atom is -0.481 e. The van der Waals surface area contributed by atoms with Gasteiger partial charge in [0.25, 0.3) is 0 Å². The number of aromatic nitrogens is 2. The quantitative estimate of drug-likeness (QED) is 0.632. The smallest absolute Gasteiger partial charge is 0.303 e. The second kappa shape index (κ2) is 8.67. The van der Waals surface area contributed by atoms with Gasteiger partial charge in [0.05, 0.1) is 12.1 Å². The van der Waals surface area contributed by atoms with Crippen molar-refractivity contribution in [3.05, 3.63) is 12.3 Å².